The van der Waals surface area contributed by atoms with Gasteiger partial charge in [0.2, 0.25) is 11.8 Å². The first-order valence-corrected chi connectivity index (χ1v) is 9.03. The fourth-order valence-electron chi connectivity index (χ4n) is 2.43. The van der Waals surface area contributed by atoms with E-state index in [1.807, 2.05) is 0 Å². The van der Waals surface area contributed by atoms with Crippen LogP contribution in [0.5, 0.6) is 5.75 Å². The first kappa shape index (κ1) is 17.3. The summed E-state index contributed by atoms with van der Waals surface area (Å²) in [7, 11) is 0.0192. The molecule has 2 rings (SSSR count). The van der Waals surface area contributed by atoms with Gasteiger partial charge in [0.05, 0.1) is 18.6 Å². The van der Waals surface area contributed by atoms with Gasteiger partial charge in [0.25, 0.3) is 0 Å². The number of hydrogen-bond donors (Lipinski definition) is 1. The highest BCUT2D eigenvalue weighted by Crippen LogP contribution is 2.18. The van der Waals surface area contributed by atoms with E-state index in [9.17, 15) is 18.0 Å². The zero-order chi connectivity index (χ0) is 17.0. The average molecular weight is 340 g/mol. The standard InChI is InChI=1S/C15H20N2O5S/c1-17(12-7-8-23(20,21)10-12)15(19)9-14(18)16-11-3-5-13(22-2)6-4-11/h3-6,12H,7-10H2,1-2H3,(H,16,18). The van der Waals surface area contributed by atoms with Gasteiger partial charge >= 0.3 is 0 Å². The Kier molecular flexibility index (Phi) is 5.25. The van der Waals surface area contributed by atoms with E-state index in [0.717, 1.165) is 0 Å². The molecule has 1 atom stereocenters. The molecule has 0 aromatic heterocycles. The average Bonchev–Trinajstić information content (AvgIpc) is 2.87. The first-order valence-electron chi connectivity index (χ1n) is 7.21. The first-order chi connectivity index (χ1) is 10.8. The van der Waals surface area contributed by atoms with Crippen LogP contribution in [0.3, 0.4) is 0 Å². The molecule has 7 nitrogen and oxygen atoms in total. The number of rotatable bonds is 5. The summed E-state index contributed by atoms with van der Waals surface area (Å²) in [5.41, 5.74) is 0.565. The molecule has 1 saturated heterocycles. The molecule has 1 aromatic rings. The number of ether oxygens (including phenoxy) is 1. The van der Waals surface area contributed by atoms with Crippen molar-refractivity contribution in [1.82, 2.24) is 4.90 Å². The van der Waals surface area contributed by atoms with Crippen molar-refractivity contribution in [3.05, 3.63) is 24.3 Å². The fourth-order valence-corrected chi connectivity index (χ4v) is 4.20. The van der Waals surface area contributed by atoms with Crippen LogP contribution in [-0.4, -0.2) is 56.8 Å². The van der Waals surface area contributed by atoms with E-state index in [4.69, 9.17) is 4.74 Å². The topological polar surface area (TPSA) is 92.8 Å². The lowest BCUT2D eigenvalue weighted by molar-refractivity contribution is -0.134. The highest BCUT2D eigenvalue weighted by molar-refractivity contribution is 7.91. The normalized spacial score (nSPS) is 19.1. The van der Waals surface area contributed by atoms with E-state index >= 15 is 0 Å². The Labute approximate surface area is 135 Å². The third kappa shape index (κ3) is 4.69. The van der Waals surface area contributed by atoms with Gasteiger partial charge in [-0.1, -0.05) is 0 Å². The van der Waals surface area contributed by atoms with Crippen LogP contribution in [0.15, 0.2) is 24.3 Å². The maximum absolute atomic E-state index is 12.1. The molecule has 1 aliphatic heterocycles. The van der Waals surface area contributed by atoms with E-state index in [0.29, 0.717) is 17.9 Å². The van der Waals surface area contributed by atoms with Crippen LogP contribution in [0.4, 0.5) is 5.69 Å². The van der Waals surface area contributed by atoms with Crippen molar-refractivity contribution in [2.45, 2.75) is 18.9 Å². The fraction of sp³-hybridized carbons (Fsp3) is 0.467. The number of amides is 2. The summed E-state index contributed by atoms with van der Waals surface area (Å²) in [6.07, 6.45) is 0.101. The number of hydrogen-bond acceptors (Lipinski definition) is 5. The SMILES string of the molecule is COc1ccc(NC(=O)CC(=O)N(C)C2CCS(=O)(=O)C2)cc1. The van der Waals surface area contributed by atoms with Crippen LogP contribution in [0.2, 0.25) is 0 Å². The zero-order valence-corrected chi connectivity index (χ0v) is 13.9. The molecule has 0 aliphatic carbocycles. The smallest absolute Gasteiger partial charge is 0.233 e. The van der Waals surface area contributed by atoms with Crippen molar-refractivity contribution in [1.29, 1.82) is 0 Å². The Morgan fingerprint density at radius 2 is 1.96 bits per heavy atom. The van der Waals surface area contributed by atoms with Crippen molar-refractivity contribution < 1.29 is 22.7 Å². The molecule has 1 aliphatic rings. The van der Waals surface area contributed by atoms with Crippen LogP contribution in [0.25, 0.3) is 0 Å². The molecule has 2 amide bonds. The third-order valence-corrected chi connectivity index (χ3v) is 5.59. The van der Waals surface area contributed by atoms with Crippen LogP contribution < -0.4 is 10.1 Å². The third-order valence-electron chi connectivity index (χ3n) is 3.84. The van der Waals surface area contributed by atoms with Crippen molar-refractivity contribution in [2.24, 2.45) is 0 Å². The van der Waals surface area contributed by atoms with Gasteiger partial charge in [-0.05, 0) is 30.7 Å². The Morgan fingerprint density at radius 3 is 2.48 bits per heavy atom. The van der Waals surface area contributed by atoms with E-state index in [2.05, 4.69) is 5.32 Å². The lowest BCUT2D eigenvalue weighted by atomic mass is 10.2. The second kappa shape index (κ2) is 6.99. The molecule has 8 heteroatoms. The molecule has 1 unspecified atom stereocenters. The minimum absolute atomic E-state index is 0.0324. The van der Waals surface area contributed by atoms with E-state index in [1.54, 1.807) is 31.4 Å². The molecular formula is C15H20N2O5S. The Balaban J connectivity index is 1.87. The lowest BCUT2D eigenvalue weighted by Crippen LogP contribution is -2.39. The molecule has 1 N–H and O–H groups in total. The van der Waals surface area contributed by atoms with Gasteiger partial charge in [-0.2, -0.15) is 0 Å². The van der Waals surface area contributed by atoms with Crippen molar-refractivity contribution in [3.63, 3.8) is 0 Å². The number of anilines is 1. The minimum Gasteiger partial charge on any atom is -0.497 e. The maximum atomic E-state index is 12.1. The number of sulfone groups is 1. The maximum Gasteiger partial charge on any atom is 0.233 e. The number of nitrogens with one attached hydrogen (secondary N) is 1. The van der Waals surface area contributed by atoms with Gasteiger partial charge in [-0.3, -0.25) is 9.59 Å². The molecule has 0 radical (unpaired) electrons. The van der Waals surface area contributed by atoms with Crippen molar-refractivity contribution in [3.8, 4) is 5.75 Å². The van der Waals surface area contributed by atoms with Gasteiger partial charge in [0.15, 0.2) is 9.84 Å². The second-order valence-electron chi connectivity index (χ2n) is 5.51. The summed E-state index contributed by atoms with van der Waals surface area (Å²) >= 11 is 0. The number of nitrogens with zero attached hydrogens (tertiary/aromatic N) is 1. The Hall–Kier alpha value is -2.09. The molecule has 1 heterocycles. The molecule has 0 bridgehead atoms. The second-order valence-corrected chi connectivity index (χ2v) is 7.74. The van der Waals surface area contributed by atoms with Crippen molar-refractivity contribution in [2.75, 3.05) is 31.0 Å². The van der Waals surface area contributed by atoms with Gasteiger partial charge in [-0.15, -0.1) is 0 Å². The summed E-state index contributed by atoms with van der Waals surface area (Å²) in [5, 5.41) is 2.63. The van der Waals surface area contributed by atoms with E-state index < -0.39 is 21.7 Å². The number of carbonyl (C=O) groups is 2. The predicted octanol–water partition coefficient (Wildman–Crippen LogP) is 0.669. The van der Waals surface area contributed by atoms with Gasteiger partial charge in [0.1, 0.15) is 12.2 Å². The number of methoxy groups -OCH3 is 1. The Bertz CT molecular complexity index is 684. The molecule has 0 saturated carbocycles. The molecule has 23 heavy (non-hydrogen) atoms. The van der Waals surface area contributed by atoms with Gasteiger partial charge in [0, 0.05) is 18.8 Å². The van der Waals surface area contributed by atoms with E-state index in [1.165, 1.54) is 11.9 Å². The summed E-state index contributed by atoms with van der Waals surface area (Å²) in [4.78, 5) is 25.4. The summed E-state index contributed by atoms with van der Waals surface area (Å²) < 4.78 is 27.9. The van der Waals surface area contributed by atoms with Crippen molar-refractivity contribution >= 4 is 27.3 Å². The number of carbonyl (C=O) groups excluding carboxylic acids is 2. The quantitative estimate of drug-likeness (QED) is 0.795. The van der Waals surface area contributed by atoms with Crippen LogP contribution in [-0.2, 0) is 19.4 Å². The van der Waals surface area contributed by atoms with Gasteiger partial charge in [-0.25, -0.2) is 8.42 Å². The predicted molar refractivity (Wildman–Crippen MR) is 86.1 cm³/mol. The molecule has 1 aromatic carbocycles. The highest BCUT2D eigenvalue weighted by atomic mass is 32.2. The monoisotopic (exact) mass is 340 g/mol. The highest BCUT2D eigenvalue weighted by Gasteiger charge is 2.33. The molecular weight excluding hydrogens is 320 g/mol. The summed E-state index contributed by atoms with van der Waals surface area (Å²) in [6.45, 7) is 0. The largest absolute Gasteiger partial charge is 0.497 e. The Morgan fingerprint density at radius 1 is 1.30 bits per heavy atom. The van der Waals surface area contributed by atoms with Gasteiger partial charge < -0.3 is 15.0 Å². The van der Waals surface area contributed by atoms with Crippen LogP contribution in [0, 0.1) is 0 Å². The molecule has 126 valence electrons. The zero-order valence-electron chi connectivity index (χ0n) is 13.1. The number of benzene rings is 1. The molecule has 1 fully saturated rings. The summed E-state index contributed by atoms with van der Waals surface area (Å²) in [5.74, 6) is -0.102. The molecule has 0 spiro atoms. The van der Waals surface area contributed by atoms with Crippen LogP contribution >= 0.6 is 0 Å². The summed E-state index contributed by atoms with van der Waals surface area (Å²) in [6, 6.07) is 6.41. The lowest BCUT2D eigenvalue weighted by Gasteiger charge is -2.23. The minimum atomic E-state index is -3.06. The van der Waals surface area contributed by atoms with E-state index in [-0.39, 0.29) is 24.0 Å². The van der Waals surface area contributed by atoms with Crippen LogP contribution in [0.1, 0.15) is 12.8 Å².